The monoisotopic (exact) mass is 368 g/mol. The normalized spacial score (nSPS) is 15.5. The molecule has 0 radical (unpaired) electrons. The first kappa shape index (κ1) is 19.1. The summed E-state index contributed by atoms with van der Waals surface area (Å²) in [6.45, 7) is 6.01. The topological polar surface area (TPSA) is 40.6 Å². The van der Waals surface area contributed by atoms with Gasteiger partial charge in [-0.25, -0.2) is 4.39 Å². The molecule has 4 nitrogen and oxygen atoms in total. The third kappa shape index (κ3) is 4.54. The minimum atomic E-state index is -0.271. The van der Waals surface area contributed by atoms with Crippen LogP contribution in [-0.2, 0) is 11.2 Å². The van der Waals surface area contributed by atoms with Crippen LogP contribution in [-0.4, -0.2) is 47.8 Å². The van der Waals surface area contributed by atoms with Gasteiger partial charge in [-0.3, -0.25) is 9.59 Å². The number of nitrogens with zero attached hydrogens (tertiary/aromatic N) is 2. The van der Waals surface area contributed by atoms with Gasteiger partial charge in [0.25, 0.3) is 5.91 Å². The van der Waals surface area contributed by atoms with Crippen LogP contribution in [0, 0.1) is 18.7 Å². The Morgan fingerprint density at radius 1 is 0.963 bits per heavy atom. The maximum atomic E-state index is 13.0. The number of benzene rings is 2. The van der Waals surface area contributed by atoms with Crippen molar-refractivity contribution in [3.8, 4) is 0 Å². The summed E-state index contributed by atoms with van der Waals surface area (Å²) in [6.07, 6.45) is 0.585. The van der Waals surface area contributed by atoms with E-state index < -0.39 is 0 Å². The number of piperazine rings is 1. The lowest BCUT2D eigenvalue weighted by Crippen LogP contribution is -2.52. The summed E-state index contributed by atoms with van der Waals surface area (Å²) in [5, 5.41) is 0. The summed E-state index contributed by atoms with van der Waals surface area (Å²) in [4.78, 5) is 29.1. The molecule has 1 unspecified atom stereocenters. The van der Waals surface area contributed by atoms with Crippen LogP contribution in [0.2, 0.25) is 0 Å². The fourth-order valence-electron chi connectivity index (χ4n) is 3.49. The van der Waals surface area contributed by atoms with Crippen LogP contribution in [0.1, 0.15) is 28.4 Å². The van der Waals surface area contributed by atoms with E-state index >= 15 is 0 Å². The summed E-state index contributed by atoms with van der Waals surface area (Å²) in [7, 11) is 0. The molecule has 2 amide bonds. The van der Waals surface area contributed by atoms with Crippen LogP contribution in [0.25, 0.3) is 0 Å². The second-order valence-corrected chi connectivity index (χ2v) is 7.16. The number of amides is 2. The molecule has 0 saturated carbocycles. The Balaban J connectivity index is 1.55. The predicted octanol–water partition coefficient (Wildman–Crippen LogP) is 3.30. The van der Waals surface area contributed by atoms with Gasteiger partial charge in [-0.2, -0.15) is 0 Å². The molecule has 1 atom stereocenters. The van der Waals surface area contributed by atoms with E-state index in [9.17, 15) is 14.0 Å². The molecule has 142 valence electrons. The van der Waals surface area contributed by atoms with E-state index in [1.807, 2.05) is 47.9 Å². The number of hydrogen-bond donors (Lipinski definition) is 0. The number of halogens is 1. The highest BCUT2D eigenvalue weighted by Gasteiger charge is 2.27. The van der Waals surface area contributed by atoms with E-state index in [4.69, 9.17) is 0 Å². The minimum absolute atomic E-state index is 0.0274. The molecule has 0 bridgehead atoms. The lowest BCUT2D eigenvalue weighted by molar-refractivity contribution is -0.136. The van der Waals surface area contributed by atoms with Gasteiger partial charge in [0.15, 0.2) is 0 Å². The molecule has 1 saturated heterocycles. The van der Waals surface area contributed by atoms with Gasteiger partial charge in [0.2, 0.25) is 5.91 Å². The van der Waals surface area contributed by atoms with Crippen LogP contribution >= 0.6 is 0 Å². The molecule has 1 aliphatic heterocycles. The van der Waals surface area contributed by atoms with Crippen molar-refractivity contribution in [1.29, 1.82) is 0 Å². The average molecular weight is 368 g/mol. The SMILES string of the molecule is Cc1ccccc1C(=O)N1CCN(C(=O)C(C)Cc2ccc(F)cc2)CC1. The van der Waals surface area contributed by atoms with Gasteiger partial charge >= 0.3 is 0 Å². The molecule has 0 aliphatic carbocycles. The predicted molar refractivity (Wildman–Crippen MR) is 103 cm³/mol. The fraction of sp³-hybridized carbons (Fsp3) is 0.364. The van der Waals surface area contributed by atoms with Crippen LogP contribution < -0.4 is 0 Å². The van der Waals surface area contributed by atoms with Crippen LogP contribution in [0.4, 0.5) is 4.39 Å². The Hall–Kier alpha value is -2.69. The lowest BCUT2D eigenvalue weighted by Gasteiger charge is -2.36. The van der Waals surface area contributed by atoms with Gasteiger partial charge in [0.1, 0.15) is 5.82 Å². The number of aryl methyl sites for hydroxylation is 1. The lowest BCUT2D eigenvalue weighted by atomic mass is 9.99. The Morgan fingerprint density at radius 2 is 1.56 bits per heavy atom. The number of rotatable bonds is 4. The molecule has 5 heteroatoms. The Bertz CT molecular complexity index is 811. The van der Waals surface area contributed by atoms with Gasteiger partial charge in [0, 0.05) is 37.7 Å². The first-order valence-electron chi connectivity index (χ1n) is 9.34. The highest BCUT2D eigenvalue weighted by Crippen LogP contribution is 2.16. The van der Waals surface area contributed by atoms with Gasteiger partial charge in [0.05, 0.1) is 0 Å². The molecule has 0 aromatic heterocycles. The van der Waals surface area contributed by atoms with E-state index in [1.165, 1.54) is 12.1 Å². The van der Waals surface area contributed by atoms with E-state index in [1.54, 1.807) is 12.1 Å². The number of hydrogen-bond acceptors (Lipinski definition) is 2. The van der Waals surface area contributed by atoms with E-state index in [0.717, 1.165) is 16.7 Å². The first-order valence-corrected chi connectivity index (χ1v) is 9.34. The third-order valence-corrected chi connectivity index (χ3v) is 5.13. The molecule has 0 spiro atoms. The highest BCUT2D eigenvalue weighted by atomic mass is 19.1. The number of carbonyl (C=O) groups excluding carboxylic acids is 2. The smallest absolute Gasteiger partial charge is 0.254 e. The molecular formula is C22H25FN2O2. The summed E-state index contributed by atoms with van der Waals surface area (Å²) in [5.74, 6) is -0.330. The molecule has 1 heterocycles. The number of carbonyl (C=O) groups is 2. The van der Waals surface area contributed by atoms with Gasteiger partial charge in [-0.1, -0.05) is 37.3 Å². The maximum absolute atomic E-state index is 13.0. The third-order valence-electron chi connectivity index (χ3n) is 5.13. The van der Waals surface area contributed by atoms with Crippen LogP contribution in [0.3, 0.4) is 0 Å². The van der Waals surface area contributed by atoms with Crippen LogP contribution in [0.15, 0.2) is 48.5 Å². The average Bonchev–Trinajstić information content (AvgIpc) is 2.69. The molecular weight excluding hydrogens is 343 g/mol. The highest BCUT2D eigenvalue weighted by molar-refractivity contribution is 5.95. The van der Waals surface area contributed by atoms with E-state index in [2.05, 4.69) is 0 Å². The summed E-state index contributed by atoms with van der Waals surface area (Å²) >= 11 is 0. The van der Waals surface area contributed by atoms with Crippen molar-refractivity contribution in [2.45, 2.75) is 20.3 Å². The van der Waals surface area contributed by atoms with Crippen molar-refractivity contribution in [3.05, 3.63) is 71.0 Å². The molecule has 3 rings (SSSR count). The second kappa shape index (κ2) is 8.33. The van der Waals surface area contributed by atoms with Gasteiger partial charge < -0.3 is 9.80 Å². The van der Waals surface area contributed by atoms with Crippen molar-refractivity contribution in [3.63, 3.8) is 0 Å². The Kier molecular flexibility index (Phi) is 5.89. The summed E-state index contributed by atoms with van der Waals surface area (Å²) in [6, 6.07) is 13.9. The Morgan fingerprint density at radius 3 is 2.19 bits per heavy atom. The molecule has 2 aromatic carbocycles. The summed E-state index contributed by atoms with van der Waals surface area (Å²) < 4.78 is 13.0. The van der Waals surface area contributed by atoms with Crippen molar-refractivity contribution in [1.82, 2.24) is 9.80 Å². The zero-order valence-corrected chi connectivity index (χ0v) is 15.8. The molecule has 0 N–H and O–H groups in total. The van der Waals surface area contributed by atoms with Crippen molar-refractivity contribution in [2.75, 3.05) is 26.2 Å². The molecule has 2 aromatic rings. The molecule has 1 aliphatic rings. The largest absolute Gasteiger partial charge is 0.339 e. The standard InChI is InChI=1S/C22H25FN2O2/c1-16-5-3-4-6-20(16)22(27)25-13-11-24(12-14-25)21(26)17(2)15-18-7-9-19(23)10-8-18/h3-10,17H,11-15H2,1-2H3. The van der Waals surface area contributed by atoms with E-state index in [-0.39, 0.29) is 23.5 Å². The quantitative estimate of drug-likeness (QED) is 0.831. The summed E-state index contributed by atoms with van der Waals surface area (Å²) in [5.41, 5.74) is 2.64. The van der Waals surface area contributed by atoms with Crippen molar-refractivity contribution in [2.24, 2.45) is 5.92 Å². The molecule has 27 heavy (non-hydrogen) atoms. The maximum Gasteiger partial charge on any atom is 0.254 e. The van der Waals surface area contributed by atoms with Crippen LogP contribution in [0.5, 0.6) is 0 Å². The molecule has 1 fully saturated rings. The van der Waals surface area contributed by atoms with Crippen molar-refractivity contribution < 1.29 is 14.0 Å². The van der Waals surface area contributed by atoms with Gasteiger partial charge in [-0.15, -0.1) is 0 Å². The van der Waals surface area contributed by atoms with Crippen molar-refractivity contribution >= 4 is 11.8 Å². The first-order chi connectivity index (χ1) is 13.0. The van der Waals surface area contributed by atoms with Gasteiger partial charge in [-0.05, 0) is 42.7 Å². The minimum Gasteiger partial charge on any atom is -0.339 e. The zero-order valence-electron chi connectivity index (χ0n) is 15.8. The zero-order chi connectivity index (χ0) is 19.4. The Labute approximate surface area is 159 Å². The van der Waals surface area contributed by atoms with E-state index in [0.29, 0.717) is 32.6 Å². The second-order valence-electron chi connectivity index (χ2n) is 7.16. The fourth-order valence-corrected chi connectivity index (χ4v) is 3.49.